The Hall–Kier alpha value is -1.22. The zero-order chi connectivity index (χ0) is 12.4. The van der Waals surface area contributed by atoms with Gasteiger partial charge in [-0.05, 0) is 49.6 Å². The minimum absolute atomic E-state index is 0.643. The average Bonchev–Trinajstić information content (AvgIpc) is 2.58. The summed E-state index contributed by atoms with van der Waals surface area (Å²) in [5, 5.41) is 3.53. The van der Waals surface area contributed by atoms with Gasteiger partial charge in [-0.1, -0.05) is 6.92 Å². The number of hydrogen-bond acceptors (Lipinski definition) is 3. The number of anilines is 1. The number of fused-ring (bicyclic) bond motifs is 3. The van der Waals surface area contributed by atoms with Gasteiger partial charge in [-0.25, -0.2) is 0 Å². The van der Waals surface area contributed by atoms with Crippen LogP contribution in [0.1, 0.15) is 25.3 Å². The van der Waals surface area contributed by atoms with Crippen LogP contribution in [0.2, 0.25) is 0 Å². The Morgan fingerprint density at radius 2 is 2.39 bits per heavy atom. The number of nitrogens with zero attached hydrogens (tertiary/aromatic N) is 1. The van der Waals surface area contributed by atoms with Gasteiger partial charge in [-0.15, -0.1) is 0 Å². The number of nitrogens with one attached hydrogen (secondary N) is 1. The van der Waals surface area contributed by atoms with Crippen molar-refractivity contribution in [1.29, 1.82) is 0 Å². The van der Waals surface area contributed by atoms with E-state index in [2.05, 4.69) is 35.3 Å². The highest BCUT2D eigenvalue weighted by Gasteiger charge is 2.30. The van der Waals surface area contributed by atoms with E-state index in [-0.39, 0.29) is 0 Å². The molecule has 2 heterocycles. The lowest BCUT2D eigenvalue weighted by Gasteiger charge is -2.24. The lowest BCUT2D eigenvalue weighted by Crippen LogP contribution is -2.36. The summed E-state index contributed by atoms with van der Waals surface area (Å²) < 4.78 is 5.72. The van der Waals surface area contributed by atoms with Gasteiger partial charge in [0.2, 0.25) is 0 Å². The Balaban J connectivity index is 1.80. The van der Waals surface area contributed by atoms with Gasteiger partial charge in [-0.2, -0.15) is 0 Å². The maximum Gasteiger partial charge on any atom is 0.119 e. The molecule has 1 aromatic carbocycles. The van der Waals surface area contributed by atoms with E-state index < -0.39 is 0 Å². The molecule has 0 saturated carbocycles. The fraction of sp³-hybridized carbons (Fsp3) is 0.600. The summed E-state index contributed by atoms with van der Waals surface area (Å²) in [6.45, 7) is 6.40. The van der Waals surface area contributed by atoms with Crippen LogP contribution in [-0.4, -0.2) is 32.3 Å². The van der Waals surface area contributed by atoms with Gasteiger partial charge in [0.15, 0.2) is 0 Å². The first-order valence-corrected chi connectivity index (χ1v) is 7.11. The van der Waals surface area contributed by atoms with E-state index in [1.165, 1.54) is 24.2 Å². The Labute approximate surface area is 109 Å². The molecular formula is C15H22N2O. The van der Waals surface area contributed by atoms with Crippen LogP contribution in [0.3, 0.4) is 0 Å². The first kappa shape index (κ1) is 11.8. The molecule has 1 atom stereocenters. The number of rotatable bonds is 3. The Bertz CT molecular complexity index is 419. The topological polar surface area (TPSA) is 24.5 Å². The minimum atomic E-state index is 0.643. The first-order valence-electron chi connectivity index (χ1n) is 7.11. The quantitative estimate of drug-likeness (QED) is 0.885. The average molecular weight is 246 g/mol. The van der Waals surface area contributed by atoms with Crippen LogP contribution in [-0.2, 0) is 6.42 Å². The summed E-state index contributed by atoms with van der Waals surface area (Å²) in [6, 6.07) is 7.24. The van der Waals surface area contributed by atoms with Gasteiger partial charge in [-0.3, -0.25) is 0 Å². The molecular weight excluding hydrogens is 224 g/mol. The highest BCUT2D eigenvalue weighted by Crippen LogP contribution is 2.35. The number of hydrogen-bond donors (Lipinski definition) is 1. The summed E-state index contributed by atoms with van der Waals surface area (Å²) >= 11 is 0. The first-order chi connectivity index (χ1) is 8.88. The van der Waals surface area contributed by atoms with Crippen molar-refractivity contribution in [2.75, 3.05) is 31.1 Å². The van der Waals surface area contributed by atoms with Crippen LogP contribution in [0.5, 0.6) is 5.75 Å². The van der Waals surface area contributed by atoms with Crippen LogP contribution >= 0.6 is 0 Å². The van der Waals surface area contributed by atoms with Crippen molar-refractivity contribution in [3.63, 3.8) is 0 Å². The van der Waals surface area contributed by atoms with E-state index in [9.17, 15) is 0 Å². The van der Waals surface area contributed by atoms with Crippen molar-refractivity contribution in [3.05, 3.63) is 23.8 Å². The zero-order valence-corrected chi connectivity index (χ0v) is 11.1. The van der Waals surface area contributed by atoms with Gasteiger partial charge in [0.25, 0.3) is 0 Å². The molecule has 2 aliphatic heterocycles. The third-order valence-electron chi connectivity index (χ3n) is 3.86. The van der Waals surface area contributed by atoms with Crippen LogP contribution in [0.25, 0.3) is 0 Å². The SMILES string of the molecule is CCCOc1ccc2c(c1)CC1CNCCCN21. The summed E-state index contributed by atoms with van der Waals surface area (Å²) in [5.74, 6) is 1.03. The van der Waals surface area contributed by atoms with Crippen molar-refractivity contribution in [3.8, 4) is 5.75 Å². The molecule has 0 aromatic heterocycles. The van der Waals surface area contributed by atoms with E-state index >= 15 is 0 Å². The maximum absolute atomic E-state index is 5.72. The molecule has 1 N–H and O–H groups in total. The fourth-order valence-corrected chi connectivity index (χ4v) is 3.00. The molecule has 1 aromatic rings. The molecule has 3 heteroatoms. The van der Waals surface area contributed by atoms with Gasteiger partial charge < -0.3 is 15.0 Å². The summed E-state index contributed by atoms with van der Waals surface area (Å²) in [5.41, 5.74) is 2.88. The molecule has 3 rings (SSSR count). The Morgan fingerprint density at radius 1 is 1.44 bits per heavy atom. The molecule has 0 spiro atoms. The molecule has 1 unspecified atom stereocenters. The minimum Gasteiger partial charge on any atom is -0.494 e. The largest absolute Gasteiger partial charge is 0.494 e. The molecule has 1 fully saturated rings. The fourth-order valence-electron chi connectivity index (χ4n) is 3.00. The van der Waals surface area contributed by atoms with Crippen molar-refractivity contribution in [2.24, 2.45) is 0 Å². The van der Waals surface area contributed by atoms with Crippen molar-refractivity contribution in [2.45, 2.75) is 32.2 Å². The second-order valence-electron chi connectivity index (χ2n) is 5.25. The third-order valence-corrected chi connectivity index (χ3v) is 3.86. The second-order valence-corrected chi connectivity index (χ2v) is 5.25. The van der Waals surface area contributed by atoms with Gasteiger partial charge in [0, 0.05) is 24.8 Å². The molecule has 3 nitrogen and oxygen atoms in total. The van der Waals surface area contributed by atoms with E-state index in [4.69, 9.17) is 4.74 Å². The molecule has 0 radical (unpaired) electrons. The van der Waals surface area contributed by atoms with Crippen molar-refractivity contribution in [1.82, 2.24) is 5.32 Å². The Morgan fingerprint density at radius 3 is 3.28 bits per heavy atom. The molecule has 0 amide bonds. The van der Waals surface area contributed by atoms with Crippen LogP contribution in [0.4, 0.5) is 5.69 Å². The summed E-state index contributed by atoms with van der Waals surface area (Å²) in [6.07, 6.45) is 3.46. The lowest BCUT2D eigenvalue weighted by molar-refractivity contribution is 0.317. The highest BCUT2D eigenvalue weighted by atomic mass is 16.5. The van der Waals surface area contributed by atoms with Gasteiger partial charge >= 0.3 is 0 Å². The monoisotopic (exact) mass is 246 g/mol. The molecule has 2 aliphatic rings. The van der Waals surface area contributed by atoms with E-state index in [0.29, 0.717) is 6.04 Å². The standard InChI is InChI=1S/C15H22N2O/c1-2-8-18-14-4-5-15-12(10-14)9-13-11-16-6-3-7-17(13)15/h4-5,10,13,16H,2-3,6-9,11H2,1H3. The van der Waals surface area contributed by atoms with Crippen LogP contribution in [0.15, 0.2) is 18.2 Å². The van der Waals surface area contributed by atoms with Crippen LogP contribution in [0, 0.1) is 0 Å². The van der Waals surface area contributed by atoms with E-state index in [1.807, 2.05) is 0 Å². The van der Waals surface area contributed by atoms with E-state index in [1.54, 1.807) is 0 Å². The van der Waals surface area contributed by atoms with E-state index in [0.717, 1.165) is 38.3 Å². The molecule has 0 aliphatic carbocycles. The summed E-state index contributed by atoms with van der Waals surface area (Å²) in [4.78, 5) is 2.57. The highest BCUT2D eigenvalue weighted by molar-refractivity contribution is 5.61. The van der Waals surface area contributed by atoms with Crippen molar-refractivity contribution >= 4 is 5.69 Å². The normalized spacial score (nSPS) is 22.3. The zero-order valence-electron chi connectivity index (χ0n) is 11.1. The van der Waals surface area contributed by atoms with Crippen molar-refractivity contribution < 1.29 is 4.74 Å². The molecule has 0 bridgehead atoms. The second kappa shape index (κ2) is 5.19. The number of ether oxygens (including phenoxy) is 1. The molecule has 98 valence electrons. The predicted octanol–water partition coefficient (Wildman–Crippen LogP) is 2.20. The Kier molecular flexibility index (Phi) is 3.41. The predicted molar refractivity (Wildman–Crippen MR) is 74.6 cm³/mol. The third kappa shape index (κ3) is 2.19. The maximum atomic E-state index is 5.72. The van der Waals surface area contributed by atoms with Crippen LogP contribution < -0.4 is 15.0 Å². The van der Waals surface area contributed by atoms with Gasteiger partial charge in [0.05, 0.1) is 6.61 Å². The number of benzene rings is 1. The smallest absolute Gasteiger partial charge is 0.119 e. The molecule has 1 saturated heterocycles. The summed E-state index contributed by atoms with van der Waals surface area (Å²) in [7, 11) is 0. The molecule has 18 heavy (non-hydrogen) atoms. The lowest BCUT2D eigenvalue weighted by atomic mass is 10.1. The van der Waals surface area contributed by atoms with Gasteiger partial charge in [0.1, 0.15) is 5.75 Å².